The normalized spacial score (nSPS) is 12.5. The third-order valence-corrected chi connectivity index (χ3v) is 5.25. The molecule has 2 aromatic rings. The molecule has 0 saturated carbocycles. The number of methoxy groups -OCH3 is 1. The smallest absolute Gasteiger partial charge is 0.124 e. The second-order valence-corrected chi connectivity index (χ2v) is 6.66. The van der Waals surface area contributed by atoms with Crippen LogP contribution in [0.5, 0.6) is 5.75 Å². The highest BCUT2D eigenvalue weighted by molar-refractivity contribution is 7.12. The number of alkyl halides is 1. The summed E-state index contributed by atoms with van der Waals surface area (Å²) in [5.41, 5.74) is 4.72. The molecule has 0 radical (unpaired) electrons. The van der Waals surface area contributed by atoms with Crippen molar-refractivity contribution in [3.63, 3.8) is 0 Å². The summed E-state index contributed by atoms with van der Waals surface area (Å²) in [5, 5.41) is -0.0827. The minimum Gasteiger partial charge on any atom is -0.496 e. The van der Waals surface area contributed by atoms with E-state index in [9.17, 15) is 0 Å². The third-order valence-electron chi connectivity index (χ3n) is 3.41. The van der Waals surface area contributed by atoms with Gasteiger partial charge in [-0.15, -0.1) is 22.9 Å². The average Bonchev–Trinajstić information content (AvgIpc) is 2.68. The minimum absolute atomic E-state index is 0.0827. The van der Waals surface area contributed by atoms with Crippen LogP contribution in [0.15, 0.2) is 18.2 Å². The summed E-state index contributed by atoms with van der Waals surface area (Å²) in [6.07, 6.45) is 0. The summed E-state index contributed by atoms with van der Waals surface area (Å²) in [6, 6.07) is 6.42. The van der Waals surface area contributed by atoms with E-state index in [2.05, 4.69) is 45.9 Å². The maximum atomic E-state index is 6.63. The van der Waals surface area contributed by atoms with Gasteiger partial charge >= 0.3 is 0 Å². The third kappa shape index (κ3) is 2.80. The van der Waals surface area contributed by atoms with E-state index in [0.717, 1.165) is 22.4 Å². The standard InChI is InChI=1S/C16H19ClOS/c1-9-8-14(19-12(9)4)15(17)13-6-10(2)16(18-5)11(3)7-13/h6-8,15H,1-5H3. The van der Waals surface area contributed by atoms with Crippen molar-refractivity contribution in [2.45, 2.75) is 33.1 Å². The molecule has 0 bridgehead atoms. The van der Waals surface area contributed by atoms with Gasteiger partial charge in [-0.05, 0) is 56.0 Å². The molecule has 19 heavy (non-hydrogen) atoms. The maximum absolute atomic E-state index is 6.63. The highest BCUT2D eigenvalue weighted by Crippen LogP contribution is 2.37. The van der Waals surface area contributed by atoms with E-state index < -0.39 is 0 Å². The number of benzene rings is 1. The first-order valence-electron chi connectivity index (χ1n) is 6.30. The summed E-state index contributed by atoms with van der Waals surface area (Å²) in [5.74, 6) is 0.950. The van der Waals surface area contributed by atoms with E-state index in [1.165, 1.54) is 15.3 Å². The van der Waals surface area contributed by atoms with E-state index >= 15 is 0 Å². The lowest BCUT2D eigenvalue weighted by Crippen LogP contribution is -1.96. The van der Waals surface area contributed by atoms with Crippen LogP contribution in [0.4, 0.5) is 0 Å². The number of hydrogen-bond donors (Lipinski definition) is 0. The van der Waals surface area contributed by atoms with Gasteiger partial charge in [0.2, 0.25) is 0 Å². The van der Waals surface area contributed by atoms with Gasteiger partial charge in [-0.3, -0.25) is 0 Å². The summed E-state index contributed by atoms with van der Waals surface area (Å²) in [6.45, 7) is 8.38. The first kappa shape index (κ1) is 14.4. The zero-order chi connectivity index (χ0) is 14.2. The second-order valence-electron chi connectivity index (χ2n) is 4.94. The van der Waals surface area contributed by atoms with Gasteiger partial charge in [-0.1, -0.05) is 12.1 Å². The quantitative estimate of drug-likeness (QED) is 0.696. The Morgan fingerprint density at radius 1 is 1.00 bits per heavy atom. The highest BCUT2D eigenvalue weighted by atomic mass is 35.5. The van der Waals surface area contributed by atoms with E-state index in [1.54, 1.807) is 18.4 Å². The lowest BCUT2D eigenvalue weighted by atomic mass is 10.0. The van der Waals surface area contributed by atoms with Gasteiger partial charge in [-0.2, -0.15) is 0 Å². The summed E-state index contributed by atoms with van der Waals surface area (Å²) in [7, 11) is 1.71. The number of aryl methyl sites for hydroxylation is 4. The van der Waals surface area contributed by atoms with Crippen molar-refractivity contribution in [1.29, 1.82) is 0 Å². The van der Waals surface area contributed by atoms with Gasteiger partial charge in [0.15, 0.2) is 0 Å². The van der Waals surface area contributed by atoms with Crippen molar-refractivity contribution in [2.24, 2.45) is 0 Å². The fourth-order valence-electron chi connectivity index (χ4n) is 2.34. The molecule has 102 valence electrons. The molecular weight excluding hydrogens is 276 g/mol. The maximum Gasteiger partial charge on any atom is 0.124 e. The number of thiophene rings is 1. The molecule has 1 heterocycles. The minimum atomic E-state index is -0.0827. The van der Waals surface area contributed by atoms with Crippen molar-refractivity contribution in [2.75, 3.05) is 7.11 Å². The Morgan fingerprint density at radius 2 is 1.58 bits per heavy atom. The molecule has 0 saturated heterocycles. The molecule has 1 unspecified atom stereocenters. The Morgan fingerprint density at radius 3 is 2.00 bits per heavy atom. The molecule has 1 aromatic carbocycles. The van der Waals surface area contributed by atoms with Crippen LogP contribution in [0.1, 0.15) is 37.4 Å². The molecule has 3 heteroatoms. The molecule has 0 amide bonds. The highest BCUT2D eigenvalue weighted by Gasteiger charge is 2.16. The first-order valence-corrected chi connectivity index (χ1v) is 7.55. The van der Waals surface area contributed by atoms with E-state index in [1.807, 2.05) is 0 Å². The summed E-state index contributed by atoms with van der Waals surface area (Å²) >= 11 is 8.40. The zero-order valence-corrected chi connectivity index (χ0v) is 13.6. The molecular formula is C16H19ClOS. The predicted octanol–water partition coefficient (Wildman–Crippen LogP) is 5.32. The molecule has 1 aromatic heterocycles. The fraction of sp³-hybridized carbons (Fsp3) is 0.375. The van der Waals surface area contributed by atoms with E-state index in [0.29, 0.717) is 0 Å². The lowest BCUT2D eigenvalue weighted by molar-refractivity contribution is 0.408. The van der Waals surface area contributed by atoms with E-state index in [4.69, 9.17) is 16.3 Å². The molecule has 0 N–H and O–H groups in total. The second kappa shape index (κ2) is 5.56. The van der Waals surface area contributed by atoms with Crippen molar-refractivity contribution in [3.05, 3.63) is 50.2 Å². The van der Waals surface area contributed by atoms with Gasteiger partial charge in [0, 0.05) is 9.75 Å². The van der Waals surface area contributed by atoms with Gasteiger partial charge in [0.05, 0.1) is 12.5 Å². The van der Waals surface area contributed by atoms with Crippen molar-refractivity contribution < 1.29 is 4.74 Å². The van der Waals surface area contributed by atoms with Crippen LogP contribution in [-0.2, 0) is 0 Å². The molecule has 0 aliphatic heterocycles. The van der Waals surface area contributed by atoms with Crippen LogP contribution in [0.25, 0.3) is 0 Å². The predicted molar refractivity (Wildman–Crippen MR) is 84.0 cm³/mol. The number of ether oxygens (including phenoxy) is 1. The number of halogens is 1. The Hall–Kier alpha value is -0.990. The van der Waals surface area contributed by atoms with Crippen LogP contribution in [0, 0.1) is 27.7 Å². The SMILES string of the molecule is COc1c(C)cc(C(Cl)c2cc(C)c(C)s2)cc1C. The van der Waals surface area contributed by atoms with Crippen LogP contribution >= 0.6 is 22.9 Å². The van der Waals surface area contributed by atoms with Crippen LogP contribution in [0.3, 0.4) is 0 Å². The molecule has 0 fully saturated rings. The Balaban J connectivity index is 2.41. The number of rotatable bonds is 3. The van der Waals surface area contributed by atoms with Crippen LogP contribution in [0.2, 0.25) is 0 Å². The molecule has 1 nitrogen and oxygen atoms in total. The molecule has 2 rings (SSSR count). The molecule has 0 aliphatic carbocycles. The topological polar surface area (TPSA) is 9.23 Å². The largest absolute Gasteiger partial charge is 0.496 e. The first-order chi connectivity index (χ1) is 8.93. The number of hydrogen-bond acceptors (Lipinski definition) is 2. The van der Waals surface area contributed by atoms with Gasteiger partial charge < -0.3 is 4.74 Å². The van der Waals surface area contributed by atoms with Crippen molar-refractivity contribution >= 4 is 22.9 Å². The Bertz CT molecular complexity index is 558. The Labute approximate surface area is 124 Å². The van der Waals surface area contributed by atoms with Crippen LogP contribution < -0.4 is 4.74 Å². The molecule has 1 atom stereocenters. The van der Waals surface area contributed by atoms with Gasteiger partial charge in [0.25, 0.3) is 0 Å². The van der Waals surface area contributed by atoms with Crippen LogP contribution in [-0.4, -0.2) is 7.11 Å². The van der Waals surface area contributed by atoms with Crippen molar-refractivity contribution in [3.8, 4) is 5.75 Å². The summed E-state index contributed by atoms with van der Waals surface area (Å²) in [4.78, 5) is 2.54. The monoisotopic (exact) mass is 294 g/mol. The fourth-order valence-corrected chi connectivity index (χ4v) is 3.71. The molecule has 0 aliphatic rings. The van der Waals surface area contributed by atoms with Crippen molar-refractivity contribution in [1.82, 2.24) is 0 Å². The summed E-state index contributed by atoms with van der Waals surface area (Å²) < 4.78 is 5.40. The van der Waals surface area contributed by atoms with Gasteiger partial charge in [-0.25, -0.2) is 0 Å². The lowest BCUT2D eigenvalue weighted by Gasteiger charge is -2.14. The van der Waals surface area contributed by atoms with Gasteiger partial charge in [0.1, 0.15) is 5.75 Å². The van der Waals surface area contributed by atoms with E-state index in [-0.39, 0.29) is 5.38 Å². The Kier molecular flexibility index (Phi) is 4.22. The average molecular weight is 295 g/mol. The zero-order valence-electron chi connectivity index (χ0n) is 12.0. The molecule has 0 spiro atoms.